The number of amides is 2. The quantitative estimate of drug-likeness (QED) is 0.273. The van der Waals surface area contributed by atoms with Gasteiger partial charge in [-0.05, 0) is 72.2 Å². The van der Waals surface area contributed by atoms with Crippen molar-refractivity contribution in [3.8, 4) is 0 Å². The van der Waals surface area contributed by atoms with E-state index >= 15 is 0 Å². The van der Waals surface area contributed by atoms with Crippen LogP contribution in [0.2, 0.25) is 0 Å². The van der Waals surface area contributed by atoms with Gasteiger partial charge in [-0.3, -0.25) is 9.59 Å². The maximum Gasteiger partial charge on any atom is 0.256 e. The molecule has 1 unspecified atom stereocenters. The number of aromatic nitrogens is 1. The second-order valence-corrected chi connectivity index (χ2v) is 10.7. The number of carbonyl (C=O) groups is 2. The number of nitrogens with one attached hydrogen (secondary N) is 2. The van der Waals surface area contributed by atoms with E-state index in [-0.39, 0.29) is 17.1 Å². The van der Waals surface area contributed by atoms with Crippen LogP contribution >= 0.6 is 39.0 Å². The molecule has 0 saturated heterocycles. The molecule has 3 aromatic carbocycles. The van der Waals surface area contributed by atoms with Gasteiger partial charge in [-0.1, -0.05) is 41.6 Å². The molecular formula is C24H20BrN3O2S2. The van der Waals surface area contributed by atoms with Gasteiger partial charge in [0.05, 0.1) is 21.0 Å². The molecule has 2 amide bonds. The Kier molecular flexibility index (Phi) is 6.93. The average molecular weight is 526 g/mol. The molecular weight excluding hydrogens is 506 g/mol. The van der Waals surface area contributed by atoms with Gasteiger partial charge in [-0.2, -0.15) is 0 Å². The third-order valence-corrected chi connectivity index (χ3v) is 7.61. The monoisotopic (exact) mass is 525 g/mol. The molecule has 4 aromatic rings. The molecule has 1 heterocycles. The lowest BCUT2D eigenvalue weighted by molar-refractivity contribution is -0.115. The smallest absolute Gasteiger partial charge is 0.256 e. The summed E-state index contributed by atoms with van der Waals surface area (Å²) in [4.78, 5) is 29.7. The molecule has 1 atom stereocenters. The summed E-state index contributed by atoms with van der Waals surface area (Å²) in [7, 11) is 0. The number of carbonyl (C=O) groups excluding carboxylic acids is 2. The first kappa shape index (κ1) is 22.5. The van der Waals surface area contributed by atoms with Crippen molar-refractivity contribution < 1.29 is 9.59 Å². The average Bonchev–Trinajstić information content (AvgIpc) is 3.17. The number of hydrogen-bond donors (Lipinski definition) is 2. The van der Waals surface area contributed by atoms with E-state index in [1.165, 1.54) is 23.1 Å². The minimum atomic E-state index is -0.300. The zero-order chi connectivity index (χ0) is 22.7. The summed E-state index contributed by atoms with van der Waals surface area (Å²) in [6.07, 6.45) is 0. The van der Waals surface area contributed by atoms with Gasteiger partial charge in [0.1, 0.15) is 0 Å². The van der Waals surface area contributed by atoms with E-state index in [0.29, 0.717) is 11.3 Å². The van der Waals surface area contributed by atoms with Crippen LogP contribution < -0.4 is 10.6 Å². The number of anilines is 2. The van der Waals surface area contributed by atoms with Crippen molar-refractivity contribution in [3.63, 3.8) is 0 Å². The highest BCUT2D eigenvalue weighted by molar-refractivity contribution is 9.10. The molecule has 0 aliphatic heterocycles. The first-order chi connectivity index (χ1) is 15.4. The second-order valence-electron chi connectivity index (χ2n) is 7.21. The molecule has 0 bridgehead atoms. The third kappa shape index (κ3) is 5.38. The number of halogens is 1. The summed E-state index contributed by atoms with van der Waals surface area (Å²) in [6.45, 7) is 3.87. The third-order valence-electron chi connectivity index (χ3n) is 4.71. The maximum absolute atomic E-state index is 12.6. The van der Waals surface area contributed by atoms with Crippen LogP contribution in [0.15, 0.2) is 75.5 Å². The van der Waals surface area contributed by atoms with Gasteiger partial charge in [0.25, 0.3) is 5.91 Å². The van der Waals surface area contributed by atoms with Crippen molar-refractivity contribution >= 4 is 72.4 Å². The molecule has 8 heteroatoms. The highest BCUT2D eigenvalue weighted by atomic mass is 79.9. The van der Waals surface area contributed by atoms with Crippen molar-refractivity contribution in [1.29, 1.82) is 0 Å². The number of thiazole rings is 1. The van der Waals surface area contributed by atoms with Crippen LogP contribution in [0.3, 0.4) is 0 Å². The van der Waals surface area contributed by atoms with Gasteiger partial charge in [-0.15, -0.1) is 11.3 Å². The van der Waals surface area contributed by atoms with Crippen LogP contribution in [0, 0.1) is 6.92 Å². The lowest BCUT2D eigenvalue weighted by Crippen LogP contribution is -2.22. The number of fused-ring (bicyclic) bond motifs is 1. The van der Waals surface area contributed by atoms with Crippen molar-refractivity contribution in [2.24, 2.45) is 0 Å². The minimum Gasteiger partial charge on any atom is -0.325 e. The Hall–Kier alpha value is -2.68. The molecule has 5 nitrogen and oxygen atoms in total. The Bertz CT molecular complexity index is 1290. The van der Waals surface area contributed by atoms with E-state index in [4.69, 9.17) is 0 Å². The zero-order valence-corrected chi connectivity index (χ0v) is 20.6. The molecule has 2 N–H and O–H groups in total. The fourth-order valence-electron chi connectivity index (χ4n) is 2.96. The lowest BCUT2D eigenvalue weighted by atomic mass is 10.2. The Morgan fingerprint density at radius 1 is 1.00 bits per heavy atom. The molecule has 4 rings (SSSR count). The molecule has 0 aliphatic rings. The van der Waals surface area contributed by atoms with Crippen LogP contribution in [0.4, 0.5) is 11.4 Å². The summed E-state index contributed by atoms with van der Waals surface area (Å²) < 4.78 is 2.50. The van der Waals surface area contributed by atoms with E-state index in [2.05, 4.69) is 31.5 Å². The molecule has 162 valence electrons. The number of nitrogens with zero attached hydrogens (tertiary/aromatic N) is 1. The number of hydrogen-bond acceptors (Lipinski definition) is 5. The molecule has 32 heavy (non-hydrogen) atoms. The van der Waals surface area contributed by atoms with Crippen LogP contribution in [-0.2, 0) is 4.79 Å². The molecule has 0 fully saturated rings. The highest BCUT2D eigenvalue weighted by Gasteiger charge is 2.17. The zero-order valence-electron chi connectivity index (χ0n) is 17.4. The normalized spacial score (nSPS) is 11.8. The van der Waals surface area contributed by atoms with Crippen LogP contribution in [0.25, 0.3) is 10.2 Å². The lowest BCUT2D eigenvalue weighted by Gasteiger charge is -2.10. The Morgan fingerprint density at radius 2 is 1.72 bits per heavy atom. The summed E-state index contributed by atoms with van der Waals surface area (Å²) in [5.74, 6) is -0.253. The summed E-state index contributed by atoms with van der Waals surface area (Å²) in [6, 6.07) is 20.6. The van der Waals surface area contributed by atoms with Crippen LogP contribution in [0.5, 0.6) is 0 Å². The number of thioether (sulfide) groups is 1. The molecule has 1 aromatic heterocycles. The van der Waals surface area contributed by atoms with E-state index in [9.17, 15) is 9.59 Å². The molecule has 0 saturated carbocycles. The minimum absolute atomic E-state index is 0.0699. The van der Waals surface area contributed by atoms with Crippen molar-refractivity contribution in [3.05, 3.63) is 82.3 Å². The topological polar surface area (TPSA) is 71.1 Å². The predicted octanol–water partition coefficient (Wildman–Crippen LogP) is 6.74. The van der Waals surface area contributed by atoms with E-state index < -0.39 is 0 Å². The van der Waals surface area contributed by atoms with Gasteiger partial charge in [0.2, 0.25) is 5.91 Å². The van der Waals surface area contributed by atoms with Gasteiger partial charge < -0.3 is 10.6 Å². The molecule has 0 aliphatic carbocycles. The van der Waals surface area contributed by atoms with Crippen LogP contribution in [-0.4, -0.2) is 22.0 Å². The highest BCUT2D eigenvalue weighted by Crippen LogP contribution is 2.34. The summed E-state index contributed by atoms with van der Waals surface area (Å²) in [5, 5.41) is 5.57. The summed E-state index contributed by atoms with van der Waals surface area (Å²) >= 11 is 6.33. The Morgan fingerprint density at radius 3 is 2.47 bits per heavy atom. The molecule has 0 radical (unpaired) electrons. The number of benzene rings is 3. The summed E-state index contributed by atoms with van der Waals surface area (Å²) in [5.41, 5.74) is 4.03. The van der Waals surface area contributed by atoms with Gasteiger partial charge >= 0.3 is 0 Å². The van der Waals surface area contributed by atoms with Crippen molar-refractivity contribution in [1.82, 2.24) is 4.98 Å². The van der Waals surface area contributed by atoms with E-state index in [1.807, 2.05) is 74.5 Å². The van der Waals surface area contributed by atoms with Gasteiger partial charge in [0.15, 0.2) is 4.34 Å². The van der Waals surface area contributed by atoms with Gasteiger partial charge in [0, 0.05) is 15.8 Å². The van der Waals surface area contributed by atoms with Gasteiger partial charge in [-0.25, -0.2) is 4.98 Å². The standard InChI is InChI=1S/C24H20BrN3O2S2/c1-14-7-9-16(10-8-14)26-22(29)15(2)31-24-28-20-12-11-17(13-21(20)32-24)27-23(30)18-5-3-4-6-19(18)25/h3-13,15H,1-2H3,(H,26,29)(H,27,30). The van der Waals surface area contributed by atoms with E-state index in [1.54, 1.807) is 6.07 Å². The Balaban J connectivity index is 1.43. The maximum atomic E-state index is 12.6. The van der Waals surface area contributed by atoms with E-state index in [0.717, 1.165) is 30.3 Å². The number of aryl methyl sites for hydroxylation is 1. The first-order valence-electron chi connectivity index (χ1n) is 9.90. The SMILES string of the molecule is Cc1ccc(NC(=O)C(C)Sc2nc3ccc(NC(=O)c4ccccc4Br)cc3s2)cc1. The largest absolute Gasteiger partial charge is 0.325 e. The molecule has 0 spiro atoms. The fraction of sp³-hybridized carbons (Fsp3) is 0.125. The fourth-order valence-corrected chi connectivity index (χ4v) is 5.68. The number of rotatable bonds is 6. The Labute approximate surface area is 202 Å². The second kappa shape index (κ2) is 9.85. The van der Waals surface area contributed by atoms with Crippen molar-refractivity contribution in [2.45, 2.75) is 23.4 Å². The van der Waals surface area contributed by atoms with Crippen LogP contribution in [0.1, 0.15) is 22.8 Å². The van der Waals surface area contributed by atoms with Crippen molar-refractivity contribution in [2.75, 3.05) is 10.6 Å². The predicted molar refractivity (Wildman–Crippen MR) is 137 cm³/mol. The first-order valence-corrected chi connectivity index (χ1v) is 12.4.